The van der Waals surface area contributed by atoms with Gasteiger partial charge in [0.25, 0.3) is 0 Å². The van der Waals surface area contributed by atoms with Crippen molar-refractivity contribution >= 4 is 17.4 Å². The molecule has 0 aromatic rings. The minimum absolute atomic E-state index is 0.0709. The first-order chi connectivity index (χ1) is 6.06. The number of aliphatic hydroxyl groups is 1. The molecule has 1 N–H and O–H groups in total. The minimum Gasteiger partial charge on any atom is -0.388 e. The Bertz CT molecular complexity index is 268. The van der Waals surface area contributed by atoms with E-state index >= 15 is 0 Å². The van der Waals surface area contributed by atoms with Gasteiger partial charge in [0.2, 0.25) is 0 Å². The summed E-state index contributed by atoms with van der Waals surface area (Å²) in [6, 6.07) is 0. The topological polar surface area (TPSA) is 37.3 Å². The maximum Gasteiger partial charge on any atom is 0.159 e. The van der Waals surface area contributed by atoms with Gasteiger partial charge >= 0.3 is 0 Å². The third-order valence-corrected chi connectivity index (χ3v) is 2.72. The third kappa shape index (κ3) is 2.20. The van der Waals surface area contributed by atoms with Crippen molar-refractivity contribution in [3.63, 3.8) is 0 Å². The molecule has 0 spiro atoms. The van der Waals surface area contributed by atoms with Crippen molar-refractivity contribution in [1.82, 2.24) is 0 Å². The molecule has 0 radical (unpaired) electrons. The van der Waals surface area contributed by atoms with Gasteiger partial charge in [-0.25, -0.2) is 0 Å². The van der Waals surface area contributed by atoms with Crippen LogP contribution in [0.3, 0.4) is 0 Å². The SMILES string of the molecule is C=C(CCl)C1CC(=O)C(C)=CC1O. The zero-order chi connectivity index (χ0) is 10.0. The number of halogens is 1. The fourth-order valence-electron chi connectivity index (χ4n) is 1.43. The van der Waals surface area contributed by atoms with E-state index in [1.54, 1.807) is 13.0 Å². The summed E-state index contributed by atoms with van der Waals surface area (Å²) in [5.74, 6) is 0.164. The molecule has 1 aliphatic carbocycles. The Morgan fingerprint density at radius 3 is 3.00 bits per heavy atom. The van der Waals surface area contributed by atoms with Crippen molar-refractivity contribution in [2.45, 2.75) is 19.4 Å². The molecule has 0 heterocycles. The Balaban J connectivity index is 2.82. The Hall–Kier alpha value is -0.600. The first-order valence-corrected chi connectivity index (χ1v) is 4.73. The Morgan fingerprint density at radius 2 is 2.46 bits per heavy atom. The number of allylic oxidation sites excluding steroid dienone is 1. The highest BCUT2D eigenvalue weighted by atomic mass is 35.5. The van der Waals surface area contributed by atoms with Crippen LogP contribution in [0.2, 0.25) is 0 Å². The summed E-state index contributed by atoms with van der Waals surface area (Å²) in [7, 11) is 0. The number of carbonyl (C=O) groups excluding carboxylic acids is 1. The first kappa shape index (κ1) is 10.5. The van der Waals surface area contributed by atoms with Crippen molar-refractivity contribution < 1.29 is 9.90 Å². The average molecular weight is 201 g/mol. The van der Waals surface area contributed by atoms with E-state index in [0.717, 1.165) is 5.57 Å². The molecule has 0 amide bonds. The van der Waals surface area contributed by atoms with Crippen LogP contribution in [0.15, 0.2) is 23.8 Å². The zero-order valence-corrected chi connectivity index (χ0v) is 8.34. The highest BCUT2D eigenvalue weighted by Gasteiger charge is 2.28. The molecule has 1 aliphatic rings. The molecule has 2 atom stereocenters. The van der Waals surface area contributed by atoms with Gasteiger partial charge in [-0.2, -0.15) is 0 Å². The summed E-state index contributed by atoms with van der Waals surface area (Å²) in [6.07, 6.45) is 1.30. The van der Waals surface area contributed by atoms with Crippen LogP contribution in [0, 0.1) is 5.92 Å². The molecule has 0 bridgehead atoms. The number of rotatable bonds is 2. The van der Waals surface area contributed by atoms with E-state index in [0.29, 0.717) is 17.9 Å². The number of carbonyl (C=O) groups is 1. The summed E-state index contributed by atoms with van der Waals surface area (Å²) in [5, 5.41) is 9.61. The second-order valence-corrected chi connectivity index (χ2v) is 3.63. The van der Waals surface area contributed by atoms with Crippen LogP contribution in [0.5, 0.6) is 0 Å². The maximum absolute atomic E-state index is 11.3. The van der Waals surface area contributed by atoms with E-state index in [1.165, 1.54) is 0 Å². The zero-order valence-electron chi connectivity index (χ0n) is 7.59. The molecule has 72 valence electrons. The molecule has 0 aromatic heterocycles. The normalized spacial score (nSPS) is 28.5. The van der Waals surface area contributed by atoms with Gasteiger partial charge in [0.15, 0.2) is 5.78 Å². The van der Waals surface area contributed by atoms with Crippen LogP contribution >= 0.6 is 11.6 Å². The van der Waals surface area contributed by atoms with Gasteiger partial charge in [0.1, 0.15) is 0 Å². The lowest BCUT2D eigenvalue weighted by Crippen LogP contribution is -2.29. The molecule has 0 saturated heterocycles. The second-order valence-electron chi connectivity index (χ2n) is 3.37. The standard InChI is InChI=1S/C10H13ClO2/c1-6-3-10(13)8(4-9(6)12)7(2)5-11/h3,8,10,13H,2,4-5H2,1H3. The predicted octanol–water partition coefficient (Wildman–Crippen LogP) is 1.68. The molecule has 0 saturated carbocycles. The summed E-state index contributed by atoms with van der Waals surface area (Å²) < 4.78 is 0. The smallest absolute Gasteiger partial charge is 0.159 e. The van der Waals surface area contributed by atoms with Crippen LogP contribution in [-0.2, 0) is 4.79 Å². The van der Waals surface area contributed by atoms with E-state index in [-0.39, 0.29) is 11.7 Å². The fraction of sp³-hybridized carbons (Fsp3) is 0.500. The van der Waals surface area contributed by atoms with Gasteiger partial charge in [-0.05, 0) is 18.6 Å². The number of Topliss-reactive ketones (excluding diaryl/α,β-unsaturated/α-hetero) is 1. The van der Waals surface area contributed by atoms with Gasteiger partial charge in [-0.15, -0.1) is 11.6 Å². The lowest BCUT2D eigenvalue weighted by Gasteiger charge is -2.25. The molecule has 3 heteroatoms. The molecule has 0 aromatic carbocycles. The number of ketones is 1. The fourth-order valence-corrected chi connectivity index (χ4v) is 1.63. The Morgan fingerprint density at radius 1 is 1.85 bits per heavy atom. The number of hydrogen-bond acceptors (Lipinski definition) is 2. The van der Waals surface area contributed by atoms with Crippen LogP contribution in [-0.4, -0.2) is 22.9 Å². The van der Waals surface area contributed by atoms with E-state index in [4.69, 9.17) is 11.6 Å². The number of hydrogen-bond donors (Lipinski definition) is 1. The van der Waals surface area contributed by atoms with Gasteiger partial charge in [-0.3, -0.25) is 4.79 Å². The van der Waals surface area contributed by atoms with Gasteiger partial charge in [0, 0.05) is 18.2 Å². The minimum atomic E-state index is -0.607. The van der Waals surface area contributed by atoms with Crippen LogP contribution < -0.4 is 0 Å². The van der Waals surface area contributed by atoms with Crippen molar-refractivity contribution in [3.8, 4) is 0 Å². The molecule has 2 unspecified atom stereocenters. The van der Waals surface area contributed by atoms with E-state index in [9.17, 15) is 9.90 Å². The van der Waals surface area contributed by atoms with Crippen molar-refractivity contribution in [2.75, 3.05) is 5.88 Å². The first-order valence-electron chi connectivity index (χ1n) is 4.19. The molecular weight excluding hydrogens is 188 g/mol. The average Bonchev–Trinajstić information content (AvgIpc) is 2.10. The number of alkyl halides is 1. The maximum atomic E-state index is 11.3. The summed E-state index contributed by atoms with van der Waals surface area (Å²) in [5.41, 5.74) is 1.36. The summed E-state index contributed by atoms with van der Waals surface area (Å²) in [4.78, 5) is 11.3. The monoisotopic (exact) mass is 200 g/mol. The van der Waals surface area contributed by atoms with E-state index in [2.05, 4.69) is 6.58 Å². The quantitative estimate of drug-likeness (QED) is 0.544. The van der Waals surface area contributed by atoms with E-state index < -0.39 is 6.10 Å². The van der Waals surface area contributed by atoms with Crippen LogP contribution in [0.1, 0.15) is 13.3 Å². The van der Waals surface area contributed by atoms with E-state index in [1.807, 2.05) is 0 Å². The predicted molar refractivity (Wildman–Crippen MR) is 52.7 cm³/mol. The lowest BCUT2D eigenvalue weighted by atomic mass is 9.83. The third-order valence-electron chi connectivity index (χ3n) is 2.37. The largest absolute Gasteiger partial charge is 0.388 e. The van der Waals surface area contributed by atoms with Crippen LogP contribution in [0.4, 0.5) is 0 Å². The van der Waals surface area contributed by atoms with Gasteiger partial charge < -0.3 is 5.11 Å². The van der Waals surface area contributed by atoms with Gasteiger partial charge in [-0.1, -0.05) is 12.2 Å². The molecule has 1 rings (SSSR count). The van der Waals surface area contributed by atoms with Crippen LogP contribution in [0.25, 0.3) is 0 Å². The molecular formula is C10H13ClO2. The molecule has 0 aliphatic heterocycles. The lowest BCUT2D eigenvalue weighted by molar-refractivity contribution is -0.117. The molecule has 0 fully saturated rings. The molecule has 2 nitrogen and oxygen atoms in total. The summed E-state index contributed by atoms with van der Waals surface area (Å²) >= 11 is 5.59. The highest BCUT2D eigenvalue weighted by molar-refractivity contribution is 6.19. The van der Waals surface area contributed by atoms with Crippen molar-refractivity contribution in [2.24, 2.45) is 5.92 Å². The van der Waals surface area contributed by atoms with Gasteiger partial charge in [0.05, 0.1) is 6.10 Å². The summed E-state index contributed by atoms with van der Waals surface area (Å²) in [6.45, 7) is 5.45. The van der Waals surface area contributed by atoms with Crippen molar-refractivity contribution in [3.05, 3.63) is 23.8 Å². The molecule has 13 heavy (non-hydrogen) atoms. The Kier molecular flexibility index (Phi) is 3.28. The highest BCUT2D eigenvalue weighted by Crippen LogP contribution is 2.27. The van der Waals surface area contributed by atoms with Crippen molar-refractivity contribution in [1.29, 1.82) is 0 Å². The number of aliphatic hydroxyl groups excluding tert-OH is 1. The second kappa shape index (κ2) is 4.07. The Labute approximate surface area is 82.9 Å².